The second kappa shape index (κ2) is 8.31. The van der Waals surface area contributed by atoms with Crippen LogP contribution < -0.4 is 4.90 Å². The molecule has 2 aromatic carbocycles. The molecule has 0 bridgehead atoms. The minimum atomic E-state index is 0.905. The summed E-state index contributed by atoms with van der Waals surface area (Å²) in [7, 11) is 0. The molecule has 2 aromatic rings. The summed E-state index contributed by atoms with van der Waals surface area (Å²) >= 11 is 3.76. The predicted molar refractivity (Wildman–Crippen MR) is 116 cm³/mol. The Kier molecular flexibility index (Phi) is 5.85. The largest absolute Gasteiger partial charge is 0.340 e. The predicted octanol–water partition coefficient (Wildman–Crippen LogP) is 7.62. The van der Waals surface area contributed by atoms with E-state index in [9.17, 15) is 0 Å². The molecule has 0 N–H and O–H groups in total. The Morgan fingerprint density at radius 2 is 1.77 bits per heavy atom. The molecule has 2 atom stereocenters. The topological polar surface area (TPSA) is 3.24 Å². The van der Waals surface area contributed by atoms with E-state index in [4.69, 9.17) is 0 Å². The van der Waals surface area contributed by atoms with Crippen molar-refractivity contribution in [2.45, 2.75) is 60.1 Å². The average molecular weight is 384 g/mol. The minimum Gasteiger partial charge on any atom is -0.340 e. The Hall–Kier alpha value is -1.06. The number of nitrogens with zero attached hydrogens (tertiary/aromatic N) is 1. The van der Waals surface area contributed by atoms with Gasteiger partial charge in [-0.3, -0.25) is 0 Å². The fourth-order valence-electron chi connectivity index (χ4n) is 4.67. The van der Waals surface area contributed by atoms with Crippen molar-refractivity contribution in [2.24, 2.45) is 11.8 Å². The molecule has 1 heterocycles. The van der Waals surface area contributed by atoms with Crippen molar-refractivity contribution in [1.29, 1.82) is 0 Å². The highest BCUT2D eigenvalue weighted by Crippen LogP contribution is 2.49. The SMILES string of the molecule is CCC1CCCCC1CCN1c2ccccc2Sc2ccc(SC)cc21. The zero-order chi connectivity index (χ0) is 17.9. The Morgan fingerprint density at radius 1 is 1.00 bits per heavy atom. The molecule has 0 radical (unpaired) electrons. The Balaban J connectivity index is 1.62. The number of thioether (sulfide) groups is 1. The van der Waals surface area contributed by atoms with Crippen LogP contribution in [0.25, 0.3) is 0 Å². The summed E-state index contributed by atoms with van der Waals surface area (Å²) in [6, 6.07) is 15.9. The number of hydrogen-bond donors (Lipinski definition) is 0. The van der Waals surface area contributed by atoms with Gasteiger partial charge >= 0.3 is 0 Å². The highest BCUT2D eigenvalue weighted by Gasteiger charge is 2.27. The van der Waals surface area contributed by atoms with Gasteiger partial charge in [-0.25, -0.2) is 0 Å². The van der Waals surface area contributed by atoms with E-state index in [1.807, 2.05) is 23.5 Å². The quantitative estimate of drug-likeness (QED) is 0.489. The molecule has 1 aliphatic carbocycles. The van der Waals surface area contributed by atoms with E-state index < -0.39 is 0 Å². The fourth-order valence-corrected chi connectivity index (χ4v) is 6.18. The molecule has 4 rings (SSSR count). The van der Waals surface area contributed by atoms with Gasteiger partial charge in [0.25, 0.3) is 0 Å². The van der Waals surface area contributed by atoms with E-state index in [0.717, 1.165) is 18.4 Å². The molecular formula is C23H29NS2. The van der Waals surface area contributed by atoms with Crippen LogP contribution in [0.15, 0.2) is 57.2 Å². The van der Waals surface area contributed by atoms with Gasteiger partial charge in [-0.15, -0.1) is 11.8 Å². The van der Waals surface area contributed by atoms with Crippen LogP contribution in [0.2, 0.25) is 0 Å². The number of benzene rings is 2. The lowest BCUT2D eigenvalue weighted by atomic mass is 9.76. The zero-order valence-corrected chi connectivity index (χ0v) is 17.5. The monoisotopic (exact) mass is 383 g/mol. The van der Waals surface area contributed by atoms with Crippen LogP contribution >= 0.6 is 23.5 Å². The van der Waals surface area contributed by atoms with Crippen LogP contribution in [0.5, 0.6) is 0 Å². The zero-order valence-electron chi connectivity index (χ0n) is 15.9. The fraction of sp³-hybridized carbons (Fsp3) is 0.478. The molecular weight excluding hydrogens is 354 g/mol. The lowest BCUT2D eigenvalue weighted by Gasteiger charge is -2.36. The molecule has 2 aliphatic rings. The maximum atomic E-state index is 2.60. The van der Waals surface area contributed by atoms with Crippen LogP contribution in [0.1, 0.15) is 45.4 Å². The molecule has 1 aliphatic heterocycles. The summed E-state index contributed by atoms with van der Waals surface area (Å²) in [6.45, 7) is 3.53. The van der Waals surface area contributed by atoms with Crippen LogP contribution in [-0.2, 0) is 0 Å². The van der Waals surface area contributed by atoms with Gasteiger partial charge in [-0.1, -0.05) is 62.9 Å². The van der Waals surface area contributed by atoms with E-state index in [0.29, 0.717) is 0 Å². The molecule has 1 fully saturated rings. The second-order valence-electron chi connectivity index (χ2n) is 7.56. The summed E-state index contributed by atoms with van der Waals surface area (Å²) in [5.74, 6) is 1.85. The van der Waals surface area contributed by atoms with E-state index >= 15 is 0 Å². The third kappa shape index (κ3) is 3.66. The van der Waals surface area contributed by atoms with Gasteiger partial charge in [-0.05, 0) is 54.8 Å². The normalized spacial score (nSPS) is 22.0. The summed E-state index contributed by atoms with van der Waals surface area (Å²) in [5.41, 5.74) is 2.80. The first-order valence-corrected chi connectivity index (χ1v) is 12.1. The standard InChI is InChI=1S/C23H29NS2/c1-3-17-8-4-5-9-18(17)14-15-24-20-10-6-7-11-22(20)26-23-13-12-19(25-2)16-21(23)24/h6-7,10-13,16-18H,3-5,8-9,14-15H2,1-2H3. The van der Waals surface area contributed by atoms with E-state index in [1.165, 1.54) is 64.6 Å². The molecule has 1 saturated carbocycles. The van der Waals surface area contributed by atoms with Crippen molar-refractivity contribution in [1.82, 2.24) is 0 Å². The van der Waals surface area contributed by atoms with Gasteiger partial charge in [0.15, 0.2) is 0 Å². The van der Waals surface area contributed by atoms with Crippen LogP contribution in [0.3, 0.4) is 0 Å². The van der Waals surface area contributed by atoms with Crippen molar-refractivity contribution in [3.63, 3.8) is 0 Å². The van der Waals surface area contributed by atoms with Gasteiger partial charge in [-0.2, -0.15) is 0 Å². The highest BCUT2D eigenvalue weighted by molar-refractivity contribution is 8.00. The smallest absolute Gasteiger partial charge is 0.0564 e. The Bertz CT molecular complexity index is 758. The third-order valence-corrected chi connectivity index (χ3v) is 8.00. The lowest BCUT2D eigenvalue weighted by molar-refractivity contribution is 0.220. The number of anilines is 2. The summed E-state index contributed by atoms with van der Waals surface area (Å²) in [5, 5.41) is 0. The average Bonchev–Trinajstić information content (AvgIpc) is 2.71. The molecule has 0 amide bonds. The van der Waals surface area contributed by atoms with Gasteiger partial charge in [0.2, 0.25) is 0 Å². The summed E-state index contributed by atoms with van der Waals surface area (Å²) in [4.78, 5) is 6.75. The molecule has 0 spiro atoms. The molecule has 0 saturated heterocycles. The number of rotatable bonds is 5. The van der Waals surface area contributed by atoms with E-state index in [-0.39, 0.29) is 0 Å². The van der Waals surface area contributed by atoms with E-state index in [2.05, 4.69) is 60.5 Å². The van der Waals surface area contributed by atoms with Crippen molar-refractivity contribution in [3.05, 3.63) is 42.5 Å². The number of para-hydroxylation sites is 1. The first-order valence-electron chi connectivity index (χ1n) is 10.0. The molecule has 2 unspecified atom stereocenters. The van der Waals surface area contributed by atoms with E-state index in [1.54, 1.807) is 0 Å². The molecule has 138 valence electrons. The maximum absolute atomic E-state index is 2.60. The minimum absolute atomic E-state index is 0.905. The van der Waals surface area contributed by atoms with Gasteiger partial charge in [0.05, 0.1) is 11.4 Å². The number of fused-ring (bicyclic) bond motifs is 2. The first-order chi connectivity index (χ1) is 12.8. The van der Waals surface area contributed by atoms with Crippen molar-refractivity contribution >= 4 is 34.9 Å². The maximum Gasteiger partial charge on any atom is 0.0564 e. The van der Waals surface area contributed by atoms with Crippen molar-refractivity contribution < 1.29 is 0 Å². The third-order valence-electron chi connectivity index (χ3n) is 6.15. The number of hydrogen-bond acceptors (Lipinski definition) is 3. The second-order valence-corrected chi connectivity index (χ2v) is 9.52. The first kappa shape index (κ1) is 18.3. The summed E-state index contributed by atoms with van der Waals surface area (Å²) < 4.78 is 0. The van der Waals surface area contributed by atoms with Gasteiger partial charge in [0.1, 0.15) is 0 Å². The molecule has 1 nitrogen and oxygen atoms in total. The molecule has 0 aromatic heterocycles. The highest BCUT2D eigenvalue weighted by atomic mass is 32.2. The van der Waals surface area contributed by atoms with Crippen LogP contribution in [0, 0.1) is 11.8 Å². The summed E-state index contributed by atoms with van der Waals surface area (Å²) in [6.07, 6.45) is 10.6. The van der Waals surface area contributed by atoms with Gasteiger partial charge in [0, 0.05) is 21.2 Å². The van der Waals surface area contributed by atoms with Gasteiger partial charge < -0.3 is 4.90 Å². The van der Waals surface area contributed by atoms with Crippen LogP contribution in [0.4, 0.5) is 11.4 Å². The molecule has 26 heavy (non-hydrogen) atoms. The Labute approximate surface area is 166 Å². The Morgan fingerprint density at radius 3 is 2.58 bits per heavy atom. The van der Waals surface area contributed by atoms with Crippen molar-refractivity contribution in [2.75, 3.05) is 17.7 Å². The van der Waals surface area contributed by atoms with Crippen molar-refractivity contribution in [3.8, 4) is 0 Å². The lowest BCUT2D eigenvalue weighted by Crippen LogP contribution is -2.27. The van der Waals surface area contributed by atoms with Crippen LogP contribution in [-0.4, -0.2) is 12.8 Å². The molecule has 3 heteroatoms.